The van der Waals surface area contributed by atoms with Crippen LogP contribution in [0.1, 0.15) is 41.6 Å². The molecule has 120 valence electrons. The van der Waals surface area contributed by atoms with Gasteiger partial charge in [0.1, 0.15) is 5.82 Å². The molecule has 0 radical (unpaired) electrons. The van der Waals surface area contributed by atoms with E-state index in [4.69, 9.17) is 9.51 Å². The van der Waals surface area contributed by atoms with Crippen LogP contribution in [0.15, 0.2) is 28.8 Å². The summed E-state index contributed by atoms with van der Waals surface area (Å²) in [6.45, 7) is 7.02. The van der Waals surface area contributed by atoms with E-state index in [1.807, 2.05) is 13.0 Å². The molecule has 5 heteroatoms. The van der Waals surface area contributed by atoms with Crippen LogP contribution in [0.25, 0.3) is 11.0 Å². The number of likely N-dealkylation sites (tertiary alicyclic amines) is 1. The molecule has 5 nitrogen and oxygen atoms in total. The molecule has 1 aliphatic rings. The maximum atomic E-state index is 5.35. The highest BCUT2D eigenvalue weighted by atomic mass is 16.5. The van der Waals surface area contributed by atoms with Crippen molar-refractivity contribution in [2.24, 2.45) is 0 Å². The Balaban J connectivity index is 1.51. The lowest BCUT2D eigenvalue weighted by molar-refractivity contribution is 0.177. The normalized spacial score (nSPS) is 19.5. The van der Waals surface area contributed by atoms with Crippen LogP contribution in [0.3, 0.4) is 0 Å². The molecule has 3 aromatic rings. The van der Waals surface area contributed by atoms with Gasteiger partial charge in [-0.2, -0.15) is 0 Å². The van der Waals surface area contributed by atoms with E-state index in [1.54, 1.807) is 0 Å². The monoisotopic (exact) mass is 310 g/mol. The van der Waals surface area contributed by atoms with Crippen LogP contribution in [0, 0.1) is 13.8 Å². The van der Waals surface area contributed by atoms with E-state index in [1.165, 1.54) is 18.4 Å². The number of aromatic amines is 1. The quantitative estimate of drug-likeness (QED) is 0.804. The first-order valence-electron chi connectivity index (χ1n) is 8.28. The SMILES string of the molecule is Cc1ccc2nc(C3CCCN(Cc4cc(C)no4)C3)[nH]c2c1. The zero-order valence-electron chi connectivity index (χ0n) is 13.7. The van der Waals surface area contributed by atoms with Gasteiger partial charge in [0.25, 0.3) is 0 Å². The summed E-state index contributed by atoms with van der Waals surface area (Å²) in [6.07, 6.45) is 2.37. The Labute approximate surface area is 135 Å². The van der Waals surface area contributed by atoms with Crippen LogP contribution in [-0.4, -0.2) is 33.1 Å². The van der Waals surface area contributed by atoms with Gasteiger partial charge in [-0.05, 0) is 50.9 Å². The first kappa shape index (κ1) is 14.5. The number of benzene rings is 1. The molecular formula is C18H22N4O. The molecule has 23 heavy (non-hydrogen) atoms. The maximum absolute atomic E-state index is 5.35. The second-order valence-electron chi connectivity index (χ2n) is 6.65. The second-order valence-corrected chi connectivity index (χ2v) is 6.65. The first-order chi connectivity index (χ1) is 11.2. The van der Waals surface area contributed by atoms with Gasteiger partial charge in [0.05, 0.1) is 23.3 Å². The molecule has 0 spiro atoms. The average Bonchev–Trinajstić information content (AvgIpc) is 3.13. The van der Waals surface area contributed by atoms with Crippen molar-refractivity contribution >= 4 is 11.0 Å². The molecule has 1 atom stereocenters. The third kappa shape index (κ3) is 3.01. The van der Waals surface area contributed by atoms with Crippen molar-refractivity contribution in [2.45, 2.75) is 39.2 Å². The molecule has 0 bridgehead atoms. The van der Waals surface area contributed by atoms with E-state index in [2.05, 4.69) is 40.2 Å². The Bertz CT molecular complexity index is 819. The molecule has 3 heterocycles. The summed E-state index contributed by atoms with van der Waals surface area (Å²) in [6, 6.07) is 8.41. The minimum Gasteiger partial charge on any atom is -0.360 e. The predicted octanol–water partition coefficient (Wildman–Crippen LogP) is 3.55. The molecular weight excluding hydrogens is 288 g/mol. The van der Waals surface area contributed by atoms with Crippen LogP contribution < -0.4 is 0 Å². The summed E-state index contributed by atoms with van der Waals surface area (Å²) in [7, 11) is 0. The molecule has 1 saturated heterocycles. The number of aryl methyl sites for hydroxylation is 2. The number of H-pyrrole nitrogens is 1. The van der Waals surface area contributed by atoms with Crippen molar-refractivity contribution in [2.75, 3.05) is 13.1 Å². The highest BCUT2D eigenvalue weighted by Crippen LogP contribution is 2.27. The lowest BCUT2D eigenvalue weighted by Gasteiger charge is -2.30. The molecule has 1 aliphatic heterocycles. The average molecular weight is 310 g/mol. The number of imidazole rings is 1. The number of nitrogens with zero attached hydrogens (tertiary/aromatic N) is 3. The van der Waals surface area contributed by atoms with Gasteiger partial charge in [0, 0.05) is 18.5 Å². The van der Waals surface area contributed by atoms with Gasteiger partial charge in [0.15, 0.2) is 5.76 Å². The van der Waals surface area contributed by atoms with Crippen molar-refractivity contribution in [1.29, 1.82) is 0 Å². The van der Waals surface area contributed by atoms with Crippen molar-refractivity contribution < 1.29 is 4.52 Å². The third-order valence-corrected chi connectivity index (χ3v) is 4.60. The van der Waals surface area contributed by atoms with Crippen LogP contribution in [0.2, 0.25) is 0 Å². The van der Waals surface area contributed by atoms with Crippen LogP contribution in [-0.2, 0) is 6.54 Å². The molecule has 0 amide bonds. The number of piperidine rings is 1. The maximum Gasteiger partial charge on any atom is 0.150 e. The number of nitrogens with one attached hydrogen (secondary N) is 1. The molecule has 0 aliphatic carbocycles. The number of hydrogen-bond acceptors (Lipinski definition) is 4. The molecule has 1 fully saturated rings. The standard InChI is InChI=1S/C18H22N4O/c1-12-5-6-16-17(8-12)20-18(19-16)14-4-3-7-22(10-14)11-15-9-13(2)21-23-15/h5-6,8-9,14H,3-4,7,10-11H2,1-2H3,(H,19,20). The minimum absolute atomic E-state index is 0.459. The zero-order chi connectivity index (χ0) is 15.8. The summed E-state index contributed by atoms with van der Waals surface area (Å²) in [4.78, 5) is 10.8. The first-order valence-corrected chi connectivity index (χ1v) is 8.28. The van der Waals surface area contributed by atoms with E-state index in [0.29, 0.717) is 5.92 Å². The Kier molecular flexibility index (Phi) is 3.65. The Morgan fingerprint density at radius 2 is 2.22 bits per heavy atom. The van der Waals surface area contributed by atoms with Crippen molar-refractivity contribution in [3.05, 3.63) is 47.1 Å². The molecule has 1 unspecified atom stereocenters. The van der Waals surface area contributed by atoms with Crippen molar-refractivity contribution in [1.82, 2.24) is 20.0 Å². The number of hydrogen-bond donors (Lipinski definition) is 1. The van der Waals surface area contributed by atoms with Gasteiger partial charge in [-0.1, -0.05) is 11.2 Å². The molecule has 0 saturated carbocycles. The van der Waals surface area contributed by atoms with Gasteiger partial charge in [-0.3, -0.25) is 4.90 Å². The Morgan fingerprint density at radius 3 is 3.04 bits per heavy atom. The van der Waals surface area contributed by atoms with E-state index in [-0.39, 0.29) is 0 Å². The Hall–Kier alpha value is -2.14. The summed E-state index contributed by atoms with van der Waals surface area (Å²) in [5, 5.41) is 3.98. The van der Waals surface area contributed by atoms with Gasteiger partial charge < -0.3 is 9.51 Å². The minimum atomic E-state index is 0.459. The highest BCUT2D eigenvalue weighted by Gasteiger charge is 2.24. The highest BCUT2D eigenvalue weighted by molar-refractivity contribution is 5.75. The predicted molar refractivity (Wildman–Crippen MR) is 89.3 cm³/mol. The van der Waals surface area contributed by atoms with E-state index >= 15 is 0 Å². The molecule has 2 aromatic heterocycles. The van der Waals surface area contributed by atoms with Gasteiger partial charge >= 0.3 is 0 Å². The van der Waals surface area contributed by atoms with Gasteiger partial charge in [-0.25, -0.2) is 4.98 Å². The number of aromatic nitrogens is 3. The molecule has 1 aromatic carbocycles. The van der Waals surface area contributed by atoms with Gasteiger partial charge in [0.2, 0.25) is 0 Å². The second kappa shape index (κ2) is 5.81. The van der Waals surface area contributed by atoms with Crippen molar-refractivity contribution in [3.63, 3.8) is 0 Å². The fourth-order valence-electron chi connectivity index (χ4n) is 3.47. The summed E-state index contributed by atoms with van der Waals surface area (Å²) in [5.41, 5.74) is 4.41. The fraction of sp³-hybridized carbons (Fsp3) is 0.444. The number of fused-ring (bicyclic) bond motifs is 1. The lowest BCUT2D eigenvalue weighted by Crippen LogP contribution is -2.34. The van der Waals surface area contributed by atoms with Gasteiger partial charge in [-0.15, -0.1) is 0 Å². The largest absolute Gasteiger partial charge is 0.360 e. The molecule has 1 N–H and O–H groups in total. The topological polar surface area (TPSA) is 58.0 Å². The van der Waals surface area contributed by atoms with Crippen LogP contribution in [0.5, 0.6) is 0 Å². The number of rotatable bonds is 3. The zero-order valence-corrected chi connectivity index (χ0v) is 13.7. The smallest absolute Gasteiger partial charge is 0.150 e. The third-order valence-electron chi connectivity index (χ3n) is 4.60. The van der Waals surface area contributed by atoms with Crippen molar-refractivity contribution in [3.8, 4) is 0 Å². The fourth-order valence-corrected chi connectivity index (χ4v) is 3.47. The summed E-state index contributed by atoms with van der Waals surface area (Å²) < 4.78 is 5.35. The van der Waals surface area contributed by atoms with E-state index in [9.17, 15) is 0 Å². The van der Waals surface area contributed by atoms with Crippen LogP contribution >= 0.6 is 0 Å². The summed E-state index contributed by atoms with van der Waals surface area (Å²) >= 11 is 0. The van der Waals surface area contributed by atoms with E-state index in [0.717, 1.165) is 47.9 Å². The van der Waals surface area contributed by atoms with Crippen LogP contribution in [0.4, 0.5) is 0 Å². The Morgan fingerprint density at radius 1 is 1.30 bits per heavy atom. The lowest BCUT2D eigenvalue weighted by atomic mass is 9.97. The summed E-state index contributed by atoms with van der Waals surface area (Å²) in [5.74, 6) is 2.52. The molecule has 4 rings (SSSR count). The van der Waals surface area contributed by atoms with E-state index < -0.39 is 0 Å².